The molecule has 1 heterocycles. The molecule has 7 nitrogen and oxygen atoms in total. The minimum atomic E-state index is -1.52. The Morgan fingerprint density at radius 1 is 1.00 bits per heavy atom. The van der Waals surface area contributed by atoms with E-state index in [0.717, 1.165) is 6.29 Å². The fourth-order valence-electron chi connectivity index (χ4n) is 3.84. The van der Waals surface area contributed by atoms with Gasteiger partial charge in [-0.05, 0) is 30.3 Å². The minimum Gasteiger partial charge on any atom is -0.441 e. The van der Waals surface area contributed by atoms with Gasteiger partial charge in [0.1, 0.15) is 12.0 Å². The molecule has 4 rings (SSSR count). The number of benzene rings is 3. The number of rotatable bonds is 10. The van der Waals surface area contributed by atoms with Gasteiger partial charge in [-0.15, -0.1) is 0 Å². The first kappa shape index (κ1) is 24.1. The molecule has 35 heavy (non-hydrogen) atoms. The smallest absolute Gasteiger partial charge is 0.251 e. The Hall–Kier alpha value is -4.07. The first-order valence-corrected chi connectivity index (χ1v) is 11.3. The number of nitrogens with one attached hydrogen (secondary N) is 1. The minimum absolute atomic E-state index is 0.199. The number of likely N-dealkylation sites (N-methyl/N-ethyl adjacent to an activating group) is 1. The number of carbonyl (C=O) groups excluding carboxylic acids is 2. The third kappa shape index (κ3) is 5.54. The van der Waals surface area contributed by atoms with Crippen LogP contribution in [0.25, 0.3) is 0 Å². The molecule has 0 radical (unpaired) electrons. The maximum absolute atomic E-state index is 12.3. The third-order valence-corrected chi connectivity index (χ3v) is 5.76. The van der Waals surface area contributed by atoms with Crippen molar-refractivity contribution >= 4 is 12.2 Å². The van der Waals surface area contributed by atoms with Gasteiger partial charge in [0.05, 0.1) is 12.7 Å². The highest BCUT2D eigenvalue weighted by atomic mass is 16.4. The summed E-state index contributed by atoms with van der Waals surface area (Å²) in [5.41, 5.74) is 0.833. The largest absolute Gasteiger partial charge is 0.441 e. The molecule has 2 N–H and O–H groups in total. The number of aldehydes is 1. The van der Waals surface area contributed by atoms with Crippen molar-refractivity contribution in [2.75, 3.05) is 20.1 Å². The van der Waals surface area contributed by atoms with E-state index in [2.05, 4.69) is 10.3 Å². The fraction of sp³-hybridized carbons (Fsp3) is 0.179. The highest BCUT2D eigenvalue weighted by Crippen LogP contribution is 2.36. The molecule has 0 atom stereocenters. The third-order valence-electron chi connectivity index (χ3n) is 5.76. The highest BCUT2D eigenvalue weighted by molar-refractivity contribution is 5.94. The first-order valence-electron chi connectivity index (χ1n) is 11.3. The standard InChI is InChI=1S/C28H27N3O4/c1-31(17-16-29-26(33)22-14-12-21(20-32)13-15-22)19-25-18-30-27(35-25)28(34,23-8-4-2-5-9-23)24-10-6-3-7-11-24/h2-15,18,20,34H,16-17,19H2,1H3,(H,29,33). The van der Waals surface area contributed by atoms with Crippen LogP contribution in [0.5, 0.6) is 0 Å². The molecular formula is C28H27N3O4. The second kappa shape index (κ2) is 10.9. The van der Waals surface area contributed by atoms with Crippen molar-refractivity contribution in [3.8, 4) is 0 Å². The number of carbonyl (C=O) groups is 2. The van der Waals surface area contributed by atoms with Crippen LogP contribution in [0, 0.1) is 0 Å². The molecule has 7 heteroatoms. The molecule has 0 bridgehead atoms. The van der Waals surface area contributed by atoms with E-state index in [0.29, 0.717) is 47.6 Å². The number of amides is 1. The highest BCUT2D eigenvalue weighted by Gasteiger charge is 2.38. The van der Waals surface area contributed by atoms with E-state index in [9.17, 15) is 14.7 Å². The van der Waals surface area contributed by atoms with E-state index in [-0.39, 0.29) is 11.8 Å². The lowest BCUT2D eigenvalue weighted by molar-refractivity contribution is 0.0896. The Balaban J connectivity index is 1.40. The predicted molar refractivity (Wildman–Crippen MR) is 132 cm³/mol. The zero-order chi connectivity index (χ0) is 24.7. The number of hydrogen-bond acceptors (Lipinski definition) is 6. The van der Waals surface area contributed by atoms with Crippen LogP contribution in [0.3, 0.4) is 0 Å². The molecule has 0 saturated carbocycles. The average molecular weight is 470 g/mol. The van der Waals surface area contributed by atoms with E-state index in [1.807, 2.05) is 72.6 Å². The van der Waals surface area contributed by atoms with Crippen LogP contribution < -0.4 is 5.32 Å². The first-order chi connectivity index (χ1) is 17.0. The summed E-state index contributed by atoms with van der Waals surface area (Å²) in [7, 11) is 1.91. The van der Waals surface area contributed by atoms with Gasteiger partial charge in [-0.3, -0.25) is 14.5 Å². The maximum Gasteiger partial charge on any atom is 0.251 e. The van der Waals surface area contributed by atoms with Gasteiger partial charge in [0, 0.05) is 24.2 Å². The Labute approximate surface area is 204 Å². The van der Waals surface area contributed by atoms with Crippen molar-refractivity contribution in [1.29, 1.82) is 0 Å². The van der Waals surface area contributed by atoms with Gasteiger partial charge < -0.3 is 14.8 Å². The molecule has 0 spiro atoms. The van der Waals surface area contributed by atoms with Crippen molar-refractivity contribution in [2.24, 2.45) is 0 Å². The van der Waals surface area contributed by atoms with Gasteiger partial charge >= 0.3 is 0 Å². The summed E-state index contributed by atoms with van der Waals surface area (Å²) in [5.74, 6) is 0.600. The second-order valence-electron chi connectivity index (χ2n) is 8.31. The van der Waals surface area contributed by atoms with Gasteiger partial charge in [0.25, 0.3) is 5.91 Å². The van der Waals surface area contributed by atoms with Crippen LogP contribution >= 0.6 is 0 Å². The van der Waals surface area contributed by atoms with Crippen LogP contribution in [0.2, 0.25) is 0 Å². The van der Waals surface area contributed by atoms with Crippen molar-refractivity contribution in [3.63, 3.8) is 0 Å². The molecule has 0 aliphatic heterocycles. The van der Waals surface area contributed by atoms with Gasteiger partial charge in [-0.2, -0.15) is 0 Å². The van der Waals surface area contributed by atoms with E-state index < -0.39 is 5.60 Å². The fourth-order valence-corrected chi connectivity index (χ4v) is 3.84. The maximum atomic E-state index is 12.3. The van der Waals surface area contributed by atoms with Gasteiger partial charge in [0.2, 0.25) is 5.89 Å². The quantitative estimate of drug-likeness (QED) is 0.345. The van der Waals surface area contributed by atoms with Crippen molar-refractivity contribution in [1.82, 2.24) is 15.2 Å². The number of aromatic nitrogens is 1. The van der Waals surface area contributed by atoms with Crippen LogP contribution in [0.4, 0.5) is 0 Å². The van der Waals surface area contributed by atoms with Crippen LogP contribution in [-0.2, 0) is 12.1 Å². The Bertz CT molecular complexity index is 1210. The number of nitrogens with zero attached hydrogens (tertiary/aromatic N) is 2. The summed E-state index contributed by atoms with van der Waals surface area (Å²) in [6.45, 7) is 1.47. The number of oxazole rings is 1. The van der Waals surface area contributed by atoms with Gasteiger partial charge in [-0.25, -0.2) is 4.98 Å². The summed E-state index contributed by atoms with van der Waals surface area (Å²) < 4.78 is 6.03. The summed E-state index contributed by atoms with van der Waals surface area (Å²) in [6.07, 6.45) is 2.36. The molecule has 1 amide bonds. The SMILES string of the molecule is CN(CCNC(=O)c1ccc(C=O)cc1)Cc1cnc(C(O)(c2ccccc2)c2ccccc2)o1. The monoisotopic (exact) mass is 469 g/mol. The summed E-state index contributed by atoms with van der Waals surface area (Å²) in [4.78, 5) is 29.5. The molecular weight excluding hydrogens is 442 g/mol. The molecule has 0 saturated heterocycles. The number of hydrogen-bond donors (Lipinski definition) is 2. The lowest BCUT2D eigenvalue weighted by Gasteiger charge is -2.26. The van der Waals surface area contributed by atoms with Crippen molar-refractivity contribution < 1.29 is 19.1 Å². The number of aliphatic hydroxyl groups is 1. The topological polar surface area (TPSA) is 95.7 Å². The molecule has 4 aromatic rings. The van der Waals surface area contributed by atoms with Crippen molar-refractivity contribution in [3.05, 3.63) is 125 Å². The van der Waals surface area contributed by atoms with Crippen LogP contribution in [0.15, 0.2) is 95.5 Å². The molecule has 0 aliphatic rings. The predicted octanol–water partition coefficient (Wildman–Crippen LogP) is 3.63. The lowest BCUT2D eigenvalue weighted by atomic mass is 9.86. The Kier molecular flexibility index (Phi) is 7.50. The molecule has 1 aromatic heterocycles. The molecule has 178 valence electrons. The average Bonchev–Trinajstić information content (AvgIpc) is 3.38. The van der Waals surface area contributed by atoms with Gasteiger partial charge in [0.15, 0.2) is 5.60 Å². The molecule has 0 unspecified atom stereocenters. The van der Waals surface area contributed by atoms with E-state index in [4.69, 9.17) is 4.42 Å². The van der Waals surface area contributed by atoms with E-state index in [1.54, 1.807) is 30.5 Å². The summed E-state index contributed by atoms with van der Waals surface area (Å²) in [5, 5.41) is 14.7. The zero-order valence-electron chi connectivity index (χ0n) is 19.4. The van der Waals surface area contributed by atoms with E-state index >= 15 is 0 Å². The van der Waals surface area contributed by atoms with Crippen LogP contribution in [-0.4, -0.2) is 47.3 Å². The van der Waals surface area contributed by atoms with E-state index in [1.165, 1.54) is 0 Å². The summed E-state index contributed by atoms with van der Waals surface area (Å²) >= 11 is 0. The second-order valence-corrected chi connectivity index (χ2v) is 8.31. The normalized spacial score (nSPS) is 11.4. The lowest BCUT2D eigenvalue weighted by Crippen LogP contribution is -2.32. The van der Waals surface area contributed by atoms with Crippen LogP contribution in [0.1, 0.15) is 43.5 Å². The summed E-state index contributed by atoms with van der Waals surface area (Å²) in [6, 6.07) is 25.1. The van der Waals surface area contributed by atoms with Gasteiger partial charge in [-0.1, -0.05) is 72.8 Å². The Morgan fingerprint density at radius 3 is 2.17 bits per heavy atom. The molecule has 3 aromatic carbocycles. The Morgan fingerprint density at radius 2 is 1.60 bits per heavy atom. The van der Waals surface area contributed by atoms with Crippen molar-refractivity contribution in [2.45, 2.75) is 12.1 Å². The zero-order valence-corrected chi connectivity index (χ0v) is 19.4. The molecule has 0 fully saturated rings. The molecule has 0 aliphatic carbocycles.